The minimum absolute atomic E-state index is 0.166. The summed E-state index contributed by atoms with van der Waals surface area (Å²) in [7, 11) is 0. The van der Waals surface area contributed by atoms with Crippen LogP contribution in [0.25, 0.3) is 0 Å². The maximum Gasteiger partial charge on any atom is 0.172 e. The zero-order chi connectivity index (χ0) is 11.5. The standard InChI is InChI=1S/C12H16Cl2O/c1-12(2,3)8-11(14)15-10-6-4-9(13)5-7-10/h4-7,11H,8H2,1-3H3. The van der Waals surface area contributed by atoms with E-state index in [9.17, 15) is 0 Å². The molecule has 1 aromatic rings. The van der Waals surface area contributed by atoms with Crippen LogP contribution in [0, 0.1) is 5.41 Å². The lowest BCUT2D eigenvalue weighted by atomic mass is 9.93. The van der Waals surface area contributed by atoms with Gasteiger partial charge in [-0.05, 0) is 29.7 Å². The first-order valence-corrected chi connectivity index (χ1v) is 5.74. The Bertz CT molecular complexity index is 300. The van der Waals surface area contributed by atoms with Gasteiger partial charge in [-0.2, -0.15) is 0 Å². The molecule has 0 fully saturated rings. The van der Waals surface area contributed by atoms with Gasteiger partial charge in [-0.3, -0.25) is 0 Å². The summed E-state index contributed by atoms with van der Waals surface area (Å²) in [6.45, 7) is 6.40. The molecule has 0 spiro atoms. The Balaban J connectivity index is 2.51. The van der Waals surface area contributed by atoms with Crippen LogP contribution in [0.2, 0.25) is 5.02 Å². The zero-order valence-corrected chi connectivity index (χ0v) is 10.8. The molecular weight excluding hydrogens is 231 g/mol. The molecule has 1 atom stereocenters. The van der Waals surface area contributed by atoms with Crippen LogP contribution < -0.4 is 4.74 Å². The minimum atomic E-state index is -0.300. The molecule has 1 unspecified atom stereocenters. The highest BCUT2D eigenvalue weighted by Crippen LogP contribution is 2.26. The van der Waals surface area contributed by atoms with Crippen molar-refractivity contribution in [2.75, 3.05) is 0 Å². The van der Waals surface area contributed by atoms with Crippen molar-refractivity contribution in [2.45, 2.75) is 32.8 Å². The second-order valence-corrected chi connectivity index (χ2v) is 5.67. The quantitative estimate of drug-likeness (QED) is 0.702. The summed E-state index contributed by atoms with van der Waals surface area (Å²) in [5.74, 6) is 0.753. The van der Waals surface area contributed by atoms with Crippen molar-refractivity contribution in [3.8, 4) is 5.75 Å². The summed E-state index contributed by atoms with van der Waals surface area (Å²) in [4.78, 5) is 0. The van der Waals surface area contributed by atoms with Crippen LogP contribution in [0.3, 0.4) is 0 Å². The van der Waals surface area contributed by atoms with Gasteiger partial charge in [0.1, 0.15) is 5.75 Å². The molecule has 1 aromatic carbocycles. The Morgan fingerprint density at radius 1 is 1.20 bits per heavy atom. The van der Waals surface area contributed by atoms with Crippen molar-refractivity contribution >= 4 is 23.2 Å². The third kappa shape index (κ3) is 5.29. The van der Waals surface area contributed by atoms with E-state index >= 15 is 0 Å². The normalized spacial score (nSPS) is 13.7. The number of benzene rings is 1. The average Bonchev–Trinajstić information content (AvgIpc) is 2.05. The lowest BCUT2D eigenvalue weighted by Gasteiger charge is -2.22. The fourth-order valence-corrected chi connectivity index (χ4v) is 1.88. The fraction of sp³-hybridized carbons (Fsp3) is 0.500. The molecule has 0 heterocycles. The molecule has 0 aliphatic carbocycles. The molecule has 15 heavy (non-hydrogen) atoms. The van der Waals surface area contributed by atoms with Gasteiger partial charge < -0.3 is 4.74 Å². The molecule has 0 saturated heterocycles. The Hall–Kier alpha value is -0.400. The second-order valence-electron chi connectivity index (χ2n) is 4.75. The van der Waals surface area contributed by atoms with E-state index in [2.05, 4.69) is 20.8 Å². The molecule has 1 rings (SSSR count). The SMILES string of the molecule is CC(C)(C)CC(Cl)Oc1ccc(Cl)cc1. The van der Waals surface area contributed by atoms with Crippen LogP contribution in [0.15, 0.2) is 24.3 Å². The molecular formula is C12H16Cl2O. The van der Waals surface area contributed by atoms with E-state index in [-0.39, 0.29) is 11.0 Å². The van der Waals surface area contributed by atoms with Gasteiger partial charge >= 0.3 is 0 Å². The van der Waals surface area contributed by atoms with E-state index < -0.39 is 0 Å². The van der Waals surface area contributed by atoms with E-state index in [0.29, 0.717) is 5.02 Å². The summed E-state index contributed by atoms with van der Waals surface area (Å²) in [5, 5.41) is 0.698. The predicted molar refractivity (Wildman–Crippen MR) is 65.8 cm³/mol. The van der Waals surface area contributed by atoms with Crippen molar-refractivity contribution in [3.05, 3.63) is 29.3 Å². The monoisotopic (exact) mass is 246 g/mol. The highest BCUT2D eigenvalue weighted by molar-refractivity contribution is 6.30. The van der Waals surface area contributed by atoms with E-state index in [1.165, 1.54) is 0 Å². The third-order valence-corrected chi connectivity index (χ3v) is 2.35. The summed E-state index contributed by atoms with van der Waals surface area (Å²) >= 11 is 11.9. The fourth-order valence-electron chi connectivity index (χ4n) is 1.18. The molecule has 0 bridgehead atoms. The lowest BCUT2D eigenvalue weighted by molar-refractivity contribution is 0.209. The number of hydrogen-bond acceptors (Lipinski definition) is 1. The zero-order valence-electron chi connectivity index (χ0n) is 9.26. The smallest absolute Gasteiger partial charge is 0.172 e. The van der Waals surface area contributed by atoms with Crippen LogP contribution in [0.4, 0.5) is 0 Å². The van der Waals surface area contributed by atoms with Gasteiger partial charge in [-0.15, -0.1) is 0 Å². The van der Waals surface area contributed by atoms with E-state index in [4.69, 9.17) is 27.9 Å². The van der Waals surface area contributed by atoms with Crippen LogP contribution >= 0.6 is 23.2 Å². The molecule has 0 saturated carbocycles. The first-order chi connectivity index (χ1) is 6.87. The molecule has 0 radical (unpaired) electrons. The molecule has 84 valence electrons. The van der Waals surface area contributed by atoms with Gasteiger partial charge in [0.05, 0.1) is 0 Å². The summed E-state index contributed by atoms with van der Waals surface area (Å²) in [6.07, 6.45) is 0.803. The van der Waals surface area contributed by atoms with Crippen molar-refractivity contribution in [1.82, 2.24) is 0 Å². The Labute approximate surface area is 101 Å². The van der Waals surface area contributed by atoms with Gasteiger partial charge in [0.15, 0.2) is 5.56 Å². The first kappa shape index (κ1) is 12.7. The van der Waals surface area contributed by atoms with Gasteiger partial charge in [-0.1, -0.05) is 44.0 Å². The van der Waals surface area contributed by atoms with Gasteiger partial charge in [0, 0.05) is 11.4 Å². The topological polar surface area (TPSA) is 9.23 Å². The van der Waals surface area contributed by atoms with Crippen LogP contribution in [-0.2, 0) is 0 Å². The lowest BCUT2D eigenvalue weighted by Crippen LogP contribution is -2.18. The summed E-state index contributed by atoms with van der Waals surface area (Å²) < 4.78 is 5.55. The third-order valence-electron chi connectivity index (χ3n) is 1.85. The van der Waals surface area contributed by atoms with Crippen molar-refractivity contribution in [1.29, 1.82) is 0 Å². The van der Waals surface area contributed by atoms with E-state index in [1.54, 1.807) is 12.1 Å². The molecule has 0 N–H and O–H groups in total. The Kier molecular flexibility index (Phi) is 4.30. The molecule has 1 nitrogen and oxygen atoms in total. The number of halogens is 2. The minimum Gasteiger partial charge on any atom is -0.475 e. The largest absolute Gasteiger partial charge is 0.475 e. The Morgan fingerprint density at radius 3 is 2.20 bits per heavy atom. The molecule has 0 aliphatic rings. The Morgan fingerprint density at radius 2 is 1.73 bits per heavy atom. The van der Waals surface area contributed by atoms with Crippen molar-refractivity contribution in [2.24, 2.45) is 5.41 Å². The van der Waals surface area contributed by atoms with Crippen LogP contribution in [0.1, 0.15) is 27.2 Å². The number of alkyl halides is 1. The number of ether oxygens (including phenoxy) is 1. The van der Waals surface area contributed by atoms with Crippen LogP contribution in [-0.4, -0.2) is 5.56 Å². The van der Waals surface area contributed by atoms with Gasteiger partial charge in [-0.25, -0.2) is 0 Å². The molecule has 3 heteroatoms. The number of hydrogen-bond donors (Lipinski definition) is 0. The second kappa shape index (κ2) is 5.09. The molecule has 0 amide bonds. The number of rotatable bonds is 3. The van der Waals surface area contributed by atoms with Crippen molar-refractivity contribution in [3.63, 3.8) is 0 Å². The molecule has 0 aromatic heterocycles. The van der Waals surface area contributed by atoms with Crippen LogP contribution in [0.5, 0.6) is 5.75 Å². The van der Waals surface area contributed by atoms with Crippen molar-refractivity contribution < 1.29 is 4.74 Å². The molecule has 0 aliphatic heterocycles. The van der Waals surface area contributed by atoms with Gasteiger partial charge in [0.2, 0.25) is 0 Å². The predicted octanol–water partition coefficient (Wildman–Crippen LogP) is 4.72. The highest BCUT2D eigenvalue weighted by Gasteiger charge is 2.17. The maximum absolute atomic E-state index is 6.08. The highest BCUT2D eigenvalue weighted by atomic mass is 35.5. The maximum atomic E-state index is 6.08. The summed E-state index contributed by atoms with van der Waals surface area (Å²) in [5.41, 5.74) is -0.134. The first-order valence-electron chi connectivity index (χ1n) is 4.93. The van der Waals surface area contributed by atoms with Gasteiger partial charge in [0.25, 0.3) is 0 Å². The van der Waals surface area contributed by atoms with E-state index in [0.717, 1.165) is 12.2 Å². The average molecular weight is 247 g/mol. The summed E-state index contributed by atoms with van der Waals surface area (Å²) in [6, 6.07) is 7.22. The van der Waals surface area contributed by atoms with E-state index in [1.807, 2.05) is 12.1 Å².